The Morgan fingerprint density at radius 3 is 1.07 bits per heavy atom. The van der Waals surface area contributed by atoms with Crippen LogP contribution < -0.4 is 0 Å². The molecule has 173 valence electrons. The van der Waals surface area contributed by atoms with Crippen molar-refractivity contribution in [2.24, 2.45) is 0 Å². The van der Waals surface area contributed by atoms with Gasteiger partial charge in [-0.1, -0.05) is 148 Å². The summed E-state index contributed by atoms with van der Waals surface area (Å²) in [4.78, 5) is 0. The van der Waals surface area contributed by atoms with Crippen LogP contribution in [0.2, 0.25) is 0 Å². The number of benzene rings is 1. The van der Waals surface area contributed by atoms with Crippen LogP contribution in [0, 0.1) is 6.07 Å². The van der Waals surface area contributed by atoms with Crippen molar-refractivity contribution >= 4 is 0 Å². The summed E-state index contributed by atoms with van der Waals surface area (Å²) in [7, 11) is 0. The highest BCUT2D eigenvalue weighted by atomic mass is 14.0. The molecule has 0 bridgehead atoms. The Kier molecular flexibility index (Phi) is 19.5. The highest BCUT2D eigenvalue weighted by Crippen LogP contribution is 2.16. The SMILES string of the molecule is CCCCCCCCCCCCc1c[c]cc(CCCCCCCCCCCC)c1. The number of hydrogen-bond acceptors (Lipinski definition) is 0. The first-order chi connectivity index (χ1) is 14.9. The topological polar surface area (TPSA) is 0 Å². The third-order valence-electron chi connectivity index (χ3n) is 6.55. The molecule has 1 rings (SSSR count). The van der Waals surface area contributed by atoms with Crippen LogP contribution in [-0.2, 0) is 12.8 Å². The van der Waals surface area contributed by atoms with Gasteiger partial charge >= 0.3 is 0 Å². The average molecular weight is 414 g/mol. The van der Waals surface area contributed by atoms with Crippen molar-refractivity contribution in [3.63, 3.8) is 0 Å². The van der Waals surface area contributed by atoms with Gasteiger partial charge in [0, 0.05) is 0 Å². The largest absolute Gasteiger partial charge is 0.0654 e. The van der Waals surface area contributed by atoms with Gasteiger partial charge in [-0.3, -0.25) is 0 Å². The van der Waals surface area contributed by atoms with Gasteiger partial charge in [0.2, 0.25) is 0 Å². The Morgan fingerprint density at radius 1 is 0.433 bits per heavy atom. The van der Waals surface area contributed by atoms with Gasteiger partial charge in [-0.05, 0) is 42.9 Å². The van der Waals surface area contributed by atoms with Crippen LogP contribution in [0.15, 0.2) is 18.2 Å². The van der Waals surface area contributed by atoms with Gasteiger partial charge in [-0.2, -0.15) is 0 Å². The van der Waals surface area contributed by atoms with E-state index in [2.05, 4.69) is 38.1 Å². The molecule has 0 aliphatic rings. The van der Waals surface area contributed by atoms with Gasteiger partial charge in [-0.25, -0.2) is 0 Å². The fourth-order valence-corrected chi connectivity index (χ4v) is 4.50. The smallest absolute Gasteiger partial charge is 0.0178 e. The normalized spacial score (nSPS) is 11.3. The van der Waals surface area contributed by atoms with E-state index in [1.165, 1.54) is 152 Å². The first kappa shape index (κ1) is 27.3. The molecule has 0 amide bonds. The summed E-state index contributed by atoms with van der Waals surface area (Å²) >= 11 is 0. The average Bonchev–Trinajstić information content (AvgIpc) is 2.76. The van der Waals surface area contributed by atoms with Crippen LogP contribution in [0.25, 0.3) is 0 Å². The van der Waals surface area contributed by atoms with Gasteiger partial charge in [0.05, 0.1) is 0 Å². The summed E-state index contributed by atoms with van der Waals surface area (Å²) in [5.74, 6) is 0. The maximum atomic E-state index is 3.40. The minimum absolute atomic E-state index is 1.25. The molecule has 0 heterocycles. The predicted octanol–water partition coefficient (Wildman–Crippen LogP) is 10.4. The zero-order valence-corrected chi connectivity index (χ0v) is 20.8. The molecule has 0 nitrogen and oxygen atoms in total. The molecule has 0 fully saturated rings. The Labute approximate surface area is 190 Å². The van der Waals surface area contributed by atoms with Crippen molar-refractivity contribution in [2.75, 3.05) is 0 Å². The van der Waals surface area contributed by atoms with E-state index in [9.17, 15) is 0 Å². The predicted molar refractivity (Wildman–Crippen MR) is 136 cm³/mol. The number of unbranched alkanes of at least 4 members (excludes halogenated alkanes) is 18. The summed E-state index contributed by atoms with van der Waals surface area (Å²) < 4.78 is 0. The molecule has 0 N–H and O–H groups in total. The van der Waals surface area contributed by atoms with Crippen molar-refractivity contribution in [2.45, 2.75) is 155 Å². The van der Waals surface area contributed by atoms with E-state index in [1.807, 2.05) is 0 Å². The quantitative estimate of drug-likeness (QED) is 0.166. The van der Waals surface area contributed by atoms with E-state index >= 15 is 0 Å². The number of hydrogen-bond donors (Lipinski definition) is 0. The highest BCUT2D eigenvalue weighted by Gasteiger charge is 1.99. The Balaban J connectivity index is 1.97. The van der Waals surface area contributed by atoms with E-state index in [-0.39, 0.29) is 0 Å². The molecule has 0 aliphatic carbocycles. The molecular weight excluding hydrogens is 360 g/mol. The molecule has 1 aromatic carbocycles. The van der Waals surface area contributed by atoms with Crippen molar-refractivity contribution in [3.8, 4) is 0 Å². The molecule has 0 aliphatic heterocycles. The zero-order valence-electron chi connectivity index (χ0n) is 20.8. The number of rotatable bonds is 22. The van der Waals surface area contributed by atoms with Crippen LogP contribution in [0.4, 0.5) is 0 Å². The minimum atomic E-state index is 1.25. The van der Waals surface area contributed by atoms with Crippen molar-refractivity contribution in [3.05, 3.63) is 35.4 Å². The van der Waals surface area contributed by atoms with Crippen LogP contribution in [0.1, 0.15) is 153 Å². The van der Waals surface area contributed by atoms with Crippen LogP contribution in [-0.4, -0.2) is 0 Å². The first-order valence-corrected chi connectivity index (χ1v) is 13.9. The second-order valence-corrected chi connectivity index (χ2v) is 9.61. The van der Waals surface area contributed by atoms with Crippen molar-refractivity contribution in [1.82, 2.24) is 0 Å². The molecule has 0 saturated heterocycles. The lowest BCUT2D eigenvalue weighted by Gasteiger charge is -2.06. The van der Waals surface area contributed by atoms with Gasteiger partial charge in [0.15, 0.2) is 0 Å². The molecule has 0 atom stereocenters. The molecular formula is C30H53. The summed E-state index contributed by atoms with van der Waals surface area (Å²) in [6, 6.07) is 10.3. The Hall–Kier alpha value is -0.780. The van der Waals surface area contributed by atoms with E-state index in [1.54, 1.807) is 0 Å². The monoisotopic (exact) mass is 413 g/mol. The maximum absolute atomic E-state index is 3.40. The van der Waals surface area contributed by atoms with E-state index in [4.69, 9.17) is 0 Å². The number of aryl methyl sites for hydroxylation is 2. The van der Waals surface area contributed by atoms with Crippen LogP contribution in [0.5, 0.6) is 0 Å². The molecule has 30 heavy (non-hydrogen) atoms. The Morgan fingerprint density at radius 2 is 0.733 bits per heavy atom. The van der Waals surface area contributed by atoms with Crippen molar-refractivity contribution in [1.29, 1.82) is 0 Å². The van der Waals surface area contributed by atoms with Gasteiger partial charge in [0.25, 0.3) is 0 Å². The highest BCUT2D eigenvalue weighted by molar-refractivity contribution is 5.22. The molecule has 1 radical (unpaired) electrons. The molecule has 0 unspecified atom stereocenters. The molecule has 0 aromatic heterocycles. The maximum Gasteiger partial charge on any atom is -0.0178 e. The standard InChI is InChI=1S/C30H53/c1-3-5-7-9-11-13-15-17-19-21-24-29-26-23-27-30(28-29)25-22-20-18-16-14-12-10-8-6-4-2/h26-28H,3-22,24-25H2,1-2H3. The first-order valence-electron chi connectivity index (χ1n) is 13.9. The lowest BCUT2D eigenvalue weighted by atomic mass is 9.99. The molecule has 1 aromatic rings. The van der Waals surface area contributed by atoms with Crippen molar-refractivity contribution < 1.29 is 0 Å². The van der Waals surface area contributed by atoms with Crippen LogP contribution in [0.3, 0.4) is 0 Å². The second kappa shape index (κ2) is 21.5. The summed E-state index contributed by atoms with van der Waals surface area (Å²) in [6.45, 7) is 4.59. The van der Waals surface area contributed by atoms with E-state index in [0.717, 1.165) is 0 Å². The molecule has 0 saturated carbocycles. The molecule has 0 spiro atoms. The van der Waals surface area contributed by atoms with Gasteiger partial charge < -0.3 is 0 Å². The lowest BCUT2D eigenvalue weighted by molar-refractivity contribution is 0.555. The summed E-state index contributed by atoms with van der Waals surface area (Å²) in [6.07, 6.45) is 30.9. The summed E-state index contributed by atoms with van der Waals surface area (Å²) in [5, 5.41) is 0. The third-order valence-corrected chi connectivity index (χ3v) is 6.55. The fraction of sp³-hybridized carbons (Fsp3) is 0.800. The lowest BCUT2D eigenvalue weighted by Crippen LogP contribution is -1.91. The second-order valence-electron chi connectivity index (χ2n) is 9.61. The Bertz CT molecular complexity index is 422. The molecule has 0 heteroatoms. The summed E-state index contributed by atoms with van der Waals surface area (Å²) in [5.41, 5.74) is 3.03. The van der Waals surface area contributed by atoms with Crippen LogP contribution >= 0.6 is 0 Å². The third kappa shape index (κ3) is 17.0. The minimum Gasteiger partial charge on any atom is -0.0654 e. The van der Waals surface area contributed by atoms with Gasteiger partial charge in [0.1, 0.15) is 0 Å². The van der Waals surface area contributed by atoms with Gasteiger partial charge in [-0.15, -0.1) is 0 Å². The van der Waals surface area contributed by atoms with E-state index < -0.39 is 0 Å². The zero-order chi connectivity index (χ0) is 21.5. The fourth-order valence-electron chi connectivity index (χ4n) is 4.50. The van der Waals surface area contributed by atoms with E-state index in [0.29, 0.717) is 0 Å².